The number of carbonyl (C=O) groups is 1. The van der Waals surface area contributed by atoms with Gasteiger partial charge in [-0.2, -0.15) is 5.10 Å². The van der Waals surface area contributed by atoms with Crippen LogP contribution in [0, 0.1) is 0 Å². The molecule has 0 radical (unpaired) electrons. The fourth-order valence-electron chi connectivity index (χ4n) is 2.15. The van der Waals surface area contributed by atoms with Crippen LogP contribution in [-0.2, 0) is 11.3 Å². The first kappa shape index (κ1) is 12.9. The lowest BCUT2D eigenvalue weighted by Crippen LogP contribution is -2.19. The second-order valence-electron chi connectivity index (χ2n) is 4.67. The normalized spacial score (nSPS) is 14.6. The van der Waals surface area contributed by atoms with E-state index in [2.05, 4.69) is 5.10 Å². The van der Waals surface area contributed by atoms with E-state index in [1.165, 1.54) is 5.01 Å². The Morgan fingerprint density at radius 1 is 1.05 bits per heavy atom. The van der Waals surface area contributed by atoms with Gasteiger partial charge in [-0.1, -0.05) is 54.1 Å². The molecule has 0 spiro atoms. The van der Waals surface area contributed by atoms with Crippen LogP contribution in [-0.4, -0.2) is 16.6 Å². The van der Waals surface area contributed by atoms with Gasteiger partial charge in [0, 0.05) is 5.02 Å². The van der Waals surface area contributed by atoms with Gasteiger partial charge in [-0.05, 0) is 23.3 Å². The lowest BCUT2D eigenvalue weighted by molar-refractivity contribution is -0.129. The number of carbonyl (C=O) groups excluding carboxylic acids is 1. The number of amides is 1. The minimum absolute atomic E-state index is 0.0267. The maximum absolute atomic E-state index is 12.0. The number of rotatable bonds is 3. The van der Waals surface area contributed by atoms with Gasteiger partial charge in [0.25, 0.3) is 0 Å². The summed E-state index contributed by atoms with van der Waals surface area (Å²) in [6.07, 6.45) is 0.359. The minimum atomic E-state index is 0.0267. The molecule has 3 nitrogen and oxygen atoms in total. The van der Waals surface area contributed by atoms with Crippen LogP contribution in [0.3, 0.4) is 0 Å². The number of nitrogens with zero attached hydrogens (tertiary/aromatic N) is 2. The number of halogens is 1. The van der Waals surface area contributed by atoms with Gasteiger partial charge >= 0.3 is 0 Å². The molecule has 1 aliphatic rings. The molecule has 1 heterocycles. The van der Waals surface area contributed by atoms with Gasteiger partial charge in [0.1, 0.15) is 0 Å². The number of hydrogen-bond acceptors (Lipinski definition) is 2. The van der Waals surface area contributed by atoms with Crippen molar-refractivity contribution in [1.82, 2.24) is 5.01 Å². The van der Waals surface area contributed by atoms with Gasteiger partial charge in [-0.3, -0.25) is 4.79 Å². The van der Waals surface area contributed by atoms with Gasteiger partial charge in [0.05, 0.1) is 18.7 Å². The molecule has 0 aromatic heterocycles. The van der Waals surface area contributed by atoms with Crippen molar-refractivity contribution in [2.24, 2.45) is 5.10 Å². The van der Waals surface area contributed by atoms with E-state index >= 15 is 0 Å². The predicted molar refractivity (Wildman–Crippen MR) is 79.6 cm³/mol. The molecule has 0 aliphatic carbocycles. The van der Waals surface area contributed by atoms with Gasteiger partial charge in [0.2, 0.25) is 5.91 Å². The third-order valence-corrected chi connectivity index (χ3v) is 3.45. The fourth-order valence-corrected chi connectivity index (χ4v) is 2.27. The van der Waals surface area contributed by atoms with Crippen LogP contribution >= 0.6 is 11.6 Å². The van der Waals surface area contributed by atoms with Crippen LogP contribution in [0.5, 0.6) is 0 Å². The highest BCUT2D eigenvalue weighted by Crippen LogP contribution is 2.18. The van der Waals surface area contributed by atoms with Crippen molar-refractivity contribution in [1.29, 1.82) is 0 Å². The Labute approximate surface area is 122 Å². The largest absolute Gasteiger partial charge is 0.272 e. The molecule has 4 heteroatoms. The lowest BCUT2D eigenvalue weighted by atomic mass is 10.1. The Kier molecular flexibility index (Phi) is 3.52. The van der Waals surface area contributed by atoms with E-state index in [1.54, 1.807) is 0 Å². The zero-order valence-electron chi connectivity index (χ0n) is 10.8. The molecule has 0 atom stereocenters. The van der Waals surface area contributed by atoms with Crippen LogP contribution in [0.4, 0.5) is 0 Å². The molecule has 0 N–H and O–H groups in total. The van der Waals surface area contributed by atoms with E-state index in [4.69, 9.17) is 11.6 Å². The molecule has 0 saturated heterocycles. The van der Waals surface area contributed by atoms with Crippen molar-refractivity contribution >= 4 is 23.2 Å². The molecule has 0 bridgehead atoms. The van der Waals surface area contributed by atoms with E-state index < -0.39 is 0 Å². The van der Waals surface area contributed by atoms with Gasteiger partial charge < -0.3 is 0 Å². The fraction of sp³-hybridized carbons (Fsp3) is 0.125. The Morgan fingerprint density at radius 3 is 2.45 bits per heavy atom. The third kappa shape index (κ3) is 2.73. The number of hydrogen-bond donors (Lipinski definition) is 0. The molecule has 0 unspecified atom stereocenters. The van der Waals surface area contributed by atoms with E-state index in [-0.39, 0.29) is 5.91 Å². The lowest BCUT2D eigenvalue weighted by Gasteiger charge is -2.11. The Bertz CT molecular complexity index is 650. The molecule has 3 rings (SSSR count). The first-order chi connectivity index (χ1) is 9.72. The van der Waals surface area contributed by atoms with Crippen LogP contribution < -0.4 is 0 Å². The van der Waals surface area contributed by atoms with Crippen LogP contribution in [0.15, 0.2) is 59.7 Å². The maximum Gasteiger partial charge on any atom is 0.249 e. The van der Waals surface area contributed by atoms with Crippen molar-refractivity contribution < 1.29 is 4.79 Å². The molecular formula is C16H13ClN2O. The summed E-state index contributed by atoms with van der Waals surface area (Å²) < 4.78 is 0. The van der Waals surface area contributed by atoms with Crippen molar-refractivity contribution in [3.8, 4) is 0 Å². The molecule has 1 aliphatic heterocycles. The topological polar surface area (TPSA) is 32.7 Å². The first-order valence-corrected chi connectivity index (χ1v) is 6.78. The summed E-state index contributed by atoms with van der Waals surface area (Å²) in [7, 11) is 0. The highest BCUT2D eigenvalue weighted by atomic mass is 35.5. The summed E-state index contributed by atoms with van der Waals surface area (Å²) in [5, 5.41) is 6.63. The summed E-state index contributed by atoms with van der Waals surface area (Å²) in [6.45, 7) is 0.479. The Balaban J connectivity index is 1.79. The highest BCUT2D eigenvalue weighted by molar-refractivity contribution is 6.30. The van der Waals surface area contributed by atoms with Crippen molar-refractivity contribution in [2.75, 3.05) is 0 Å². The zero-order chi connectivity index (χ0) is 13.9. The van der Waals surface area contributed by atoms with Gasteiger partial charge in [-0.25, -0.2) is 5.01 Å². The Morgan fingerprint density at radius 2 is 1.75 bits per heavy atom. The molecule has 0 saturated carbocycles. The van der Waals surface area contributed by atoms with Crippen molar-refractivity contribution in [3.05, 3.63) is 70.7 Å². The van der Waals surface area contributed by atoms with Crippen LogP contribution in [0.25, 0.3) is 0 Å². The SMILES string of the molecule is O=C1CC(c2ccccc2)=NN1Cc1ccc(Cl)cc1. The minimum Gasteiger partial charge on any atom is -0.272 e. The first-order valence-electron chi connectivity index (χ1n) is 6.40. The van der Waals surface area contributed by atoms with E-state index in [9.17, 15) is 4.79 Å². The van der Waals surface area contributed by atoms with E-state index in [0.29, 0.717) is 18.0 Å². The summed E-state index contributed by atoms with van der Waals surface area (Å²) in [5.41, 5.74) is 2.84. The molecule has 2 aromatic carbocycles. The molecule has 100 valence electrons. The molecule has 0 fully saturated rings. The second-order valence-corrected chi connectivity index (χ2v) is 5.10. The molecule has 20 heavy (non-hydrogen) atoms. The summed E-state index contributed by atoms with van der Waals surface area (Å²) in [4.78, 5) is 12.0. The van der Waals surface area contributed by atoms with Crippen LogP contribution in [0.1, 0.15) is 17.5 Å². The van der Waals surface area contributed by atoms with Crippen molar-refractivity contribution in [2.45, 2.75) is 13.0 Å². The maximum atomic E-state index is 12.0. The average Bonchev–Trinajstić information content (AvgIpc) is 2.84. The standard InChI is InChI=1S/C16H13ClN2O/c17-14-8-6-12(7-9-14)11-19-16(20)10-15(18-19)13-4-2-1-3-5-13/h1-9H,10-11H2. The Hall–Kier alpha value is -2.13. The number of benzene rings is 2. The molecular weight excluding hydrogens is 272 g/mol. The average molecular weight is 285 g/mol. The zero-order valence-corrected chi connectivity index (χ0v) is 11.5. The number of hydrazone groups is 1. The second kappa shape index (κ2) is 5.47. The monoisotopic (exact) mass is 284 g/mol. The molecule has 2 aromatic rings. The van der Waals surface area contributed by atoms with Crippen molar-refractivity contribution in [3.63, 3.8) is 0 Å². The highest BCUT2D eigenvalue weighted by Gasteiger charge is 2.24. The smallest absolute Gasteiger partial charge is 0.249 e. The van der Waals surface area contributed by atoms with Gasteiger partial charge in [0.15, 0.2) is 0 Å². The third-order valence-electron chi connectivity index (χ3n) is 3.20. The van der Waals surface area contributed by atoms with E-state index in [1.807, 2.05) is 54.6 Å². The summed E-state index contributed by atoms with van der Waals surface area (Å²) in [5.74, 6) is 0.0267. The quantitative estimate of drug-likeness (QED) is 0.849. The van der Waals surface area contributed by atoms with Gasteiger partial charge in [-0.15, -0.1) is 0 Å². The van der Waals surface area contributed by atoms with E-state index in [0.717, 1.165) is 16.8 Å². The predicted octanol–water partition coefficient (Wildman–Crippen LogP) is 3.48. The summed E-state index contributed by atoms with van der Waals surface area (Å²) in [6, 6.07) is 17.2. The summed E-state index contributed by atoms with van der Waals surface area (Å²) >= 11 is 5.85. The van der Waals surface area contributed by atoms with Crippen LogP contribution in [0.2, 0.25) is 5.02 Å². The molecule has 1 amide bonds.